The highest BCUT2D eigenvalue weighted by Gasteiger charge is 2.33. The van der Waals surface area contributed by atoms with Crippen LogP contribution in [0, 0.1) is 11.8 Å². The van der Waals surface area contributed by atoms with Crippen molar-refractivity contribution in [3.05, 3.63) is 0 Å². The van der Waals surface area contributed by atoms with E-state index < -0.39 is 0 Å². The van der Waals surface area contributed by atoms with Crippen LogP contribution in [0.25, 0.3) is 0 Å². The zero-order valence-corrected chi connectivity index (χ0v) is 14.7. The van der Waals surface area contributed by atoms with Crippen LogP contribution in [0.2, 0.25) is 0 Å². The molecule has 21 heavy (non-hydrogen) atoms. The minimum atomic E-state index is 0.675. The number of hydrogen-bond acceptors (Lipinski definition) is 2. The molecule has 3 atom stereocenters. The summed E-state index contributed by atoms with van der Waals surface area (Å²) in [5.41, 5.74) is 0. The topological polar surface area (TPSA) is 15.3 Å². The van der Waals surface area contributed by atoms with Crippen molar-refractivity contribution in [2.24, 2.45) is 11.8 Å². The molecule has 1 heterocycles. The van der Waals surface area contributed by atoms with E-state index in [0.29, 0.717) is 6.04 Å². The first-order valence-corrected chi connectivity index (χ1v) is 9.72. The molecule has 1 aliphatic heterocycles. The van der Waals surface area contributed by atoms with Crippen LogP contribution < -0.4 is 5.32 Å². The van der Waals surface area contributed by atoms with Crippen LogP contribution in [-0.4, -0.2) is 36.6 Å². The fourth-order valence-electron chi connectivity index (χ4n) is 4.45. The normalized spacial score (nSPS) is 30.4. The molecule has 0 aromatic carbocycles. The molecule has 1 aliphatic carbocycles. The van der Waals surface area contributed by atoms with Crippen LogP contribution in [-0.2, 0) is 0 Å². The first-order chi connectivity index (χ1) is 10.2. The van der Waals surface area contributed by atoms with Crippen LogP contribution in [0.5, 0.6) is 0 Å². The van der Waals surface area contributed by atoms with Crippen molar-refractivity contribution in [3.8, 4) is 0 Å². The molecule has 0 aromatic heterocycles. The van der Waals surface area contributed by atoms with Crippen LogP contribution >= 0.6 is 0 Å². The smallest absolute Gasteiger partial charge is 0.0249 e. The molecule has 3 unspecified atom stereocenters. The van der Waals surface area contributed by atoms with Crippen molar-refractivity contribution in [2.45, 2.75) is 90.6 Å². The van der Waals surface area contributed by atoms with Crippen molar-refractivity contribution in [2.75, 3.05) is 19.6 Å². The Balaban J connectivity index is 1.93. The molecule has 2 aliphatic rings. The van der Waals surface area contributed by atoms with Gasteiger partial charge in [-0.1, -0.05) is 52.4 Å². The lowest BCUT2D eigenvalue weighted by atomic mass is 9.81. The van der Waals surface area contributed by atoms with Crippen molar-refractivity contribution >= 4 is 0 Å². The van der Waals surface area contributed by atoms with Crippen molar-refractivity contribution < 1.29 is 0 Å². The summed E-state index contributed by atoms with van der Waals surface area (Å²) < 4.78 is 0. The van der Waals surface area contributed by atoms with E-state index in [1.165, 1.54) is 77.4 Å². The molecule has 124 valence electrons. The summed E-state index contributed by atoms with van der Waals surface area (Å²) in [5, 5.41) is 3.75. The Bertz CT molecular complexity index is 273. The Kier molecular flexibility index (Phi) is 7.53. The van der Waals surface area contributed by atoms with E-state index >= 15 is 0 Å². The van der Waals surface area contributed by atoms with E-state index in [1.54, 1.807) is 0 Å². The number of rotatable bonds is 7. The second kappa shape index (κ2) is 9.15. The van der Waals surface area contributed by atoms with Crippen LogP contribution in [0.3, 0.4) is 0 Å². The molecule has 0 radical (unpaired) electrons. The van der Waals surface area contributed by atoms with Crippen molar-refractivity contribution in [1.82, 2.24) is 10.2 Å². The van der Waals surface area contributed by atoms with Crippen LogP contribution in [0.4, 0.5) is 0 Å². The molecule has 2 rings (SSSR count). The number of hydrogen-bond donors (Lipinski definition) is 1. The summed E-state index contributed by atoms with van der Waals surface area (Å²) in [7, 11) is 0. The van der Waals surface area contributed by atoms with Gasteiger partial charge in [0.2, 0.25) is 0 Å². The van der Waals surface area contributed by atoms with E-state index in [-0.39, 0.29) is 0 Å². The Morgan fingerprint density at radius 1 is 1.14 bits per heavy atom. The minimum absolute atomic E-state index is 0.675. The number of nitrogens with zero attached hydrogens (tertiary/aromatic N) is 1. The van der Waals surface area contributed by atoms with Crippen molar-refractivity contribution in [1.29, 1.82) is 0 Å². The quantitative estimate of drug-likeness (QED) is 0.746. The Labute approximate surface area is 133 Å². The fourth-order valence-corrected chi connectivity index (χ4v) is 4.45. The van der Waals surface area contributed by atoms with Crippen LogP contribution in [0.1, 0.15) is 78.6 Å². The van der Waals surface area contributed by atoms with Gasteiger partial charge in [0.25, 0.3) is 0 Å². The van der Waals surface area contributed by atoms with Gasteiger partial charge >= 0.3 is 0 Å². The van der Waals surface area contributed by atoms with Gasteiger partial charge in [-0.25, -0.2) is 0 Å². The highest BCUT2D eigenvalue weighted by Crippen LogP contribution is 2.31. The van der Waals surface area contributed by atoms with Gasteiger partial charge < -0.3 is 5.32 Å². The number of nitrogens with one attached hydrogen (secondary N) is 1. The van der Waals surface area contributed by atoms with E-state index in [2.05, 4.69) is 31.0 Å². The van der Waals surface area contributed by atoms with E-state index in [9.17, 15) is 0 Å². The standard InChI is InChI=1S/C19H38N2/c1-4-6-10-17(5-2)15-21-14-16(3)20-13-19(21)18-11-8-7-9-12-18/h16-20H,4-15H2,1-3H3. The third kappa shape index (κ3) is 5.25. The van der Waals surface area contributed by atoms with Gasteiger partial charge in [-0.15, -0.1) is 0 Å². The third-order valence-electron chi connectivity index (χ3n) is 5.88. The van der Waals surface area contributed by atoms with Crippen LogP contribution in [0.15, 0.2) is 0 Å². The second-order valence-electron chi connectivity index (χ2n) is 7.65. The van der Waals surface area contributed by atoms with Gasteiger partial charge in [0.15, 0.2) is 0 Å². The maximum Gasteiger partial charge on any atom is 0.0249 e. The maximum atomic E-state index is 3.75. The summed E-state index contributed by atoms with van der Waals surface area (Å²) in [4.78, 5) is 2.88. The van der Waals surface area contributed by atoms with E-state index in [1.807, 2.05) is 0 Å². The lowest BCUT2D eigenvalue weighted by molar-refractivity contribution is 0.0590. The SMILES string of the molecule is CCCCC(CC)CN1CC(C)NCC1C1CCCCC1. The molecule has 1 saturated heterocycles. The summed E-state index contributed by atoms with van der Waals surface area (Å²) in [5.74, 6) is 1.88. The van der Waals surface area contributed by atoms with Gasteiger partial charge in [0.05, 0.1) is 0 Å². The van der Waals surface area contributed by atoms with Gasteiger partial charge in [0, 0.05) is 31.7 Å². The Hall–Kier alpha value is -0.0800. The molecule has 1 saturated carbocycles. The lowest BCUT2D eigenvalue weighted by Crippen LogP contribution is -2.59. The van der Waals surface area contributed by atoms with E-state index in [4.69, 9.17) is 0 Å². The lowest BCUT2D eigenvalue weighted by Gasteiger charge is -2.45. The molecule has 0 bridgehead atoms. The monoisotopic (exact) mass is 294 g/mol. The second-order valence-corrected chi connectivity index (χ2v) is 7.65. The minimum Gasteiger partial charge on any atom is -0.311 e. The fraction of sp³-hybridized carbons (Fsp3) is 1.00. The molecular weight excluding hydrogens is 256 g/mol. The average molecular weight is 295 g/mol. The summed E-state index contributed by atoms with van der Waals surface area (Å²) in [6, 6.07) is 1.49. The molecule has 0 aromatic rings. The Morgan fingerprint density at radius 3 is 2.57 bits per heavy atom. The molecule has 2 heteroatoms. The van der Waals surface area contributed by atoms with Crippen molar-refractivity contribution in [3.63, 3.8) is 0 Å². The average Bonchev–Trinajstić information content (AvgIpc) is 2.52. The van der Waals surface area contributed by atoms with Gasteiger partial charge in [-0.3, -0.25) is 4.90 Å². The number of piperazine rings is 1. The number of unbranched alkanes of at least 4 members (excludes halogenated alkanes) is 1. The molecule has 0 amide bonds. The molecule has 2 fully saturated rings. The highest BCUT2D eigenvalue weighted by atomic mass is 15.2. The van der Waals surface area contributed by atoms with Gasteiger partial charge in [0.1, 0.15) is 0 Å². The largest absolute Gasteiger partial charge is 0.311 e. The zero-order valence-electron chi connectivity index (χ0n) is 14.7. The summed E-state index contributed by atoms with van der Waals surface area (Å²) in [6.07, 6.45) is 12.9. The summed E-state index contributed by atoms with van der Waals surface area (Å²) >= 11 is 0. The van der Waals surface area contributed by atoms with Gasteiger partial charge in [-0.2, -0.15) is 0 Å². The molecule has 0 spiro atoms. The van der Waals surface area contributed by atoms with E-state index in [0.717, 1.165) is 17.9 Å². The summed E-state index contributed by atoms with van der Waals surface area (Å²) in [6.45, 7) is 10.9. The predicted octanol–water partition coefficient (Wildman–Crippen LogP) is 4.45. The molecule has 1 N–H and O–H groups in total. The van der Waals surface area contributed by atoms with Gasteiger partial charge in [-0.05, 0) is 38.0 Å². The predicted molar refractivity (Wildman–Crippen MR) is 92.7 cm³/mol. The highest BCUT2D eigenvalue weighted by molar-refractivity contribution is 4.90. The molecular formula is C19H38N2. The maximum absolute atomic E-state index is 3.75. The first-order valence-electron chi connectivity index (χ1n) is 9.72. The Morgan fingerprint density at radius 2 is 1.90 bits per heavy atom. The first kappa shape index (κ1) is 17.3. The third-order valence-corrected chi connectivity index (χ3v) is 5.88. The zero-order chi connectivity index (χ0) is 15.1. The molecule has 2 nitrogen and oxygen atoms in total.